The average molecular weight is 907 g/mol. The largest absolute Gasteiger partial charge is 0.496 e. The molecule has 7 rings (SSSR count). The third-order valence-corrected chi connectivity index (χ3v) is 12.5. The Bertz CT molecular complexity index is 2370. The van der Waals surface area contributed by atoms with Crippen molar-refractivity contribution >= 4 is 68.4 Å². The number of carbonyl (C=O) groups is 6. The quantitative estimate of drug-likeness (QED) is 0.0587. The van der Waals surface area contributed by atoms with Crippen molar-refractivity contribution in [3.63, 3.8) is 0 Å². The summed E-state index contributed by atoms with van der Waals surface area (Å²) in [6, 6.07) is 17.7. The highest BCUT2D eigenvalue weighted by molar-refractivity contribution is 9.10. The Morgan fingerprint density at radius 1 is 0.952 bits per heavy atom. The van der Waals surface area contributed by atoms with Crippen LogP contribution in [0.15, 0.2) is 71.3 Å². The molecule has 1 fully saturated rings. The van der Waals surface area contributed by atoms with Crippen molar-refractivity contribution in [3.8, 4) is 5.75 Å². The number of carbonyl (C=O) groups excluding carboxylic acids is 6. The summed E-state index contributed by atoms with van der Waals surface area (Å²) < 4.78 is 6.73. The van der Waals surface area contributed by atoms with E-state index in [1.807, 2.05) is 43.3 Å². The van der Waals surface area contributed by atoms with E-state index in [9.17, 15) is 28.8 Å². The van der Waals surface area contributed by atoms with Gasteiger partial charge in [0.2, 0.25) is 23.6 Å². The van der Waals surface area contributed by atoms with Crippen LogP contribution < -0.4 is 25.2 Å². The molecular formula is C47H52BrN7O7. The molecule has 4 aromatic rings. The van der Waals surface area contributed by atoms with Gasteiger partial charge in [-0.05, 0) is 61.6 Å². The number of fused-ring (bicyclic) bond motifs is 2. The molecule has 2 atom stereocenters. The van der Waals surface area contributed by atoms with Crippen LogP contribution >= 0.6 is 15.9 Å². The van der Waals surface area contributed by atoms with Gasteiger partial charge < -0.3 is 24.8 Å². The van der Waals surface area contributed by atoms with E-state index in [1.54, 1.807) is 49.5 Å². The number of unbranched alkanes of at least 4 members (excludes halogenated alkanes) is 5. The number of anilines is 3. The van der Waals surface area contributed by atoms with E-state index < -0.39 is 11.9 Å². The van der Waals surface area contributed by atoms with Crippen LogP contribution in [0.4, 0.5) is 17.2 Å². The van der Waals surface area contributed by atoms with E-state index in [0.717, 1.165) is 47.7 Å². The number of likely N-dealkylation sites (N-methyl/N-ethyl adjacent to an activating group) is 1. The Morgan fingerprint density at radius 3 is 2.42 bits per heavy atom. The molecule has 14 nitrogen and oxygen atoms in total. The molecule has 3 aliphatic heterocycles. The zero-order chi connectivity index (χ0) is 43.9. The molecule has 0 saturated carbocycles. The minimum absolute atomic E-state index is 0.00563. The molecule has 2 N–H and O–H groups in total. The first-order valence-corrected chi connectivity index (χ1v) is 22.2. The first kappa shape index (κ1) is 44.1. The standard InChI is InChI=1S/C47H52BrN7O7/c1-4-36-47(61)53(2)38-26-49-41(51-44(38)54(36)27-29-16-20-32(48)21-17-29)25-31-19-18-30(24-40(31)62-3)39(56)14-9-7-5-6-8-10-15-42(57)50-35-13-11-12-33-34(35)28-55(46(33)60)37-22-23-43(58)52-45(37)59/h11-13,16-21,24,26,36-37H,4-10,14-15,22-23,25,27-28H2,1-3H3,(H,50,57)(H,52,58,59)/t36-,37?/m1/s1. The van der Waals surface area contributed by atoms with E-state index >= 15 is 0 Å². The molecule has 0 radical (unpaired) electrons. The van der Waals surface area contributed by atoms with Crippen LogP contribution in [0.3, 0.4) is 0 Å². The second-order valence-corrected chi connectivity index (χ2v) is 17.0. The predicted octanol–water partition coefficient (Wildman–Crippen LogP) is 7.30. The number of nitrogens with one attached hydrogen (secondary N) is 2. The molecule has 324 valence electrons. The van der Waals surface area contributed by atoms with E-state index in [2.05, 4.69) is 36.4 Å². The van der Waals surface area contributed by atoms with Crippen LogP contribution in [0.25, 0.3) is 0 Å². The molecule has 3 aromatic carbocycles. The molecule has 15 heteroatoms. The van der Waals surface area contributed by atoms with Gasteiger partial charge in [0.05, 0.1) is 13.3 Å². The van der Waals surface area contributed by atoms with Crippen LogP contribution in [0, 0.1) is 0 Å². The van der Waals surface area contributed by atoms with Crippen LogP contribution in [-0.4, -0.2) is 76.4 Å². The van der Waals surface area contributed by atoms with E-state index in [1.165, 1.54) is 4.90 Å². The maximum Gasteiger partial charge on any atom is 0.255 e. The maximum atomic E-state index is 13.3. The molecule has 3 aliphatic rings. The molecular weight excluding hydrogens is 854 g/mol. The van der Waals surface area contributed by atoms with E-state index in [0.29, 0.717) is 84.1 Å². The van der Waals surface area contributed by atoms with Gasteiger partial charge >= 0.3 is 0 Å². The van der Waals surface area contributed by atoms with Crippen LogP contribution in [-0.2, 0) is 38.7 Å². The van der Waals surface area contributed by atoms with Crippen LogP contribution in [0.5, 0.6) is 5.75 Å². The summed E-state index contributed by atoms with van der Waals surface area (Å²) in [5.74, 6) is 0.704. The third kappa shape index (κ3) is 9.88. The molecule has 1 saturated heterocycles. The number of ether oxygens (including phenoxy) is 1. The Balaban J connectivity index is 0.853. The third-order valence-electron chi connectivity index (χ3n) is 11.9. The van der Waals surface area contributed by atoms with Crippen molar-refractivity contribution in [3.05, 3.63) is 105 Å². The van der Waals surface area contributed by atoms with Gasteiger partial charge in [0.1, 0.15) is 29.3 Å². The molecule has 0 aliphatic carbocycles. The summed E-state index contributed by atoms with van der Waals surface area (Å²) in [4.78, 5) is 91.4. The summed E-state index contributed by atoms with van der Waals surface area (Å²) in [6.45, 7) is 2.72. The topological polar surface area (TPSA) is 171 Å². The fourth-order valence-electron chi connectivity index (χ4n) is 8.50. The number of rotatable bonds is 18. The lowest BCUT2D eigenvalue weighted by Crippen LogP contribution is -2.52. The zero-order valence-corrected chi connectivity index (χ0v) is 37.0. The minimum Gasteiger partial charge on any atom is -0.496 e. The first-order valence-electron chi connectivity index (χ1n) is 21.4. The Labute approximate surface area is 369 Å². The van der Waals surface area contributed by atoms with Gasteiger partial charge in [-0.15, -0.1) is 0 Å². The lowest BCUT2D eigenvalue weighted by Gasteiger charge is -2.40. The average Bonchev–Trinajstić information content (AvgIpc) is 3.60. The Kier molecular flexibility index (Phi) is 14.1. The molecule has 62 heavy (non-hydrogen) atoms. The second kappa shape index (κ2) is 19.8. The normalized spacial score (nSPS) is 17.2. The number of nitrogens with zero attached hydrogens (tertiary/aromatic N) is 5. The number of ketones is 1. The second-order valence-electron chi connectivity index (χ2n) is 16.1. The number of amides is 5. The van der Waals surface area contributed by atoms with Crippen molar-refractivity contribution in [2.45, 2.75) is 109 Å². The smallest absolute Gasteiger partial charge is 0.255 e. The van der Waals surface area contributed by atoms with E-state index in [4.69, 9.17) is 9.72 Å². The molecule has 1 aromatic heterocycles. The van der Waals surface area contributed by atoms with Gasteiger partial charge in [0, 0.05) is 78.2 Å². The fraction of sp³-hybridized carbons (Fsp3) is 0.404. The van der Waals surface area contributed by atoms with Crippen molar-refractivity contribution in [2.75, 3.05) is 29.3 Å². The number of piperidine rings is 1. The number of hydrogen-bond donors (Lipinski definition) is 2. The van der Waals surface area contributed by atoms with Crippen LogP contribution in [0.1, 0.15) is 121 Å². The summed E-state index contributed by atoms with van der Waals surface area (Å²) in [5.41, 5.74) is 4.86. The number of benzene rings is 3. The number of methoxy groups -OCH3 is 1. The molecule has 0 bridgehead atoms. The monoisotopic (exact) mass is 905 g/mol. The van der Waals surface area contributed by atoms with Gasteiger partial charge in [-0.25, -0.2) is 9.97 Å². The highest BCUT2D eigenvalue weighted by Crippen LogP contribution is 2.37. The van der Waals surface area contributed by atoms with Crippen LogP contribution in [0.2, 0.25) is 0 Å². The summed E-state index contributed by atoms with van der Waals surface area (Å²) >= 11 is 3.50. The summed E-state index contributed by atoms with van der Waals surface area (Å²) in [7, 11) is 3.35. The lowest BCUT2D eigenvalue weighted by atomic mass is 10.0. The zero-order valence-electron chi connectivity index (χ0n) is 35.4. The van der Waals surface area contributed by atoms with Gasteiger partial charge in [0.15, 0.2) is 11.6 Å². The molecule has 1 unspecified atom stereocenters. The highest BCUT2D eigenvalue weighted by atomic mass is 79.9. The van der Waals surface area contributed by atoms with Gasteiger partial charge in [-0.3, -0.25) is 34.1 Å². The highest BCUT2D eigenvalue weighted by Gasteiger charge is 2.40. The van der Waals surface area contributed by atoms with Gasteiger partial charge in [-0.1, -0.05) is 78.9 Å². The van der Waals surface area contributed by atoms with E-state index in [-0.39, 0.29) is 54.8 Å². The fourth-order valence-corrected chi connectivity index (χ4v) is 8.76. The number of halogens is 1. The number of imide groups is 1. The lowest BCUT2D eigenvalue weighted by molar-refractivity contribution is -0.137. The summed E-state index contributed by atoms with van der Waals surface area (Å²) in [6.07, 6.45) is 9.07. The minimum atomic E-state index is -0.715. The molecule has 4 heterocycles. The van der Waals surface area contributed by atoms with Crippen molar-refractivity contribution in [1.82, 2.24) is 20.2 Å². The molecule has 5 amide bonds. The van der Waals surface area contributed by atoms with Crippen molar-refractivity contribution in [1.29, 1.82) is 0 Å². The van der Waals surface area contributed by atoms with Crippen molar-refractivity contribution < 1.29 is 33.5 Å². The molecule has 0 spiro atoms. The Hall–Kier alpha value is -5.96. The first-order chi connectivity index (χ1) is 29.9. The number of hydrogen-bond acceptors (Lipinski definition) is 10. The number of aromatic nitrogens is 2. The SMILES string of the molecule is CC[C@@H]1C(=O)N(C)c2cnc(Cc3ccc(C(=O)CCCCCCCCC(=O)Nc4cccc5c4CN(C4CCC(=O)NC4=O)C5=O)cc3OC)nc2N1Cc1ccc(Br)cc1. The number of Topliss-reactive ketones (excluding diaryl/α,β-unsaturated/α-hetero) is 1. The van der Waals surface area contributed by atoms with Gasteiger partial charge in [0.25, 0.3) is 5.91 Å². The summed E-state index contributed by atoms with van der Waals surface area (Å²) in [5, 5.41) is 5.27. The maximum absolute atomic E-state index is 13.3. The predicted molar refractivity (Wildman–Crippen MR) is 238 cm³/mol. The van der Waals surface area contributed by atoms with Crippen molar-refractivity contribution in [2.24, 2.45) is 0 Å². The Morgan fingerprint density at radius 2 is 1.69 bits per heavy atom. The van der Waals surface area contributed by atoms with Gasteiger partial charge in [-0.2, -0.15) is 0 Å².